The third-order valence-corrected chi connectivity index (χ3v) is 2.48. The molecule has 1 aromatic heterocycles. The van der Waals surface area contributed by atoms with Gasteiger partial charge in [-0.1, -0.05) is 5.16 Å². The van der Waals surface area contributed by atoms with E-state index in [1.807, 2.05) is 0 Å². The zero-order valence-corrected chi connectivity index (χ0v) is 10.0. The molecule has 0 amide bonds. The van der Waals surface area contributed by atoms with E-state index >= 15 is 0 Å². The van der Waals surface area contributed by atoms with Crippen LogP contribution in [-0.4, -0.2) is 23.8 Å². The lowest BCUT2D eigenvalue weighted by Crippen LogP contribution is -2.01. The van der Waals surface area contributed by atoms with Crippen LogP contribution in [0, 0.1) is 5.82 Å². The lowest BCUT2D eigenvalue weighted by atomic mass is 10.2. The van der Waals surface area contributed by atoms with E-state index in [0.29, 0.717) is 24.5 Å². The van der Waals surface area contributed by atoms with E-state index in [9.17, 15) is 4.39 Å². The molecule has 96 valence electrons. The molecule has 0 fully saturated rings. The van der Waals surface area contributed by atoms with Gasteiger partial charge >= 0.3 is 0 Å². The molecule has 1 aromatic carbocycles. The van der Waals surface area contributed by atoms with Gasteiger partial charge < -0.3 is 15.0 Å². The largest absolute Gasteiger partial charge is 0.497 e. The van der Waals surface area contributed by atoms with E-state index in [2.05, 4.69) is 10.1 Å². The van der Waals surface area contributed by atoms with E-state index in [0.717, 1.165) is 6.42 Å². The molecule has 1 heterocycles. The summed E-state index contributed by atoms with van der Waals surface area (Å²) in [6.07, 6.45) is 1.39. The summed E-state index contributed by atoms with van der Waals surface area (Å²) in [5.74, 6) is 0.690. The minimum atomic E-state index is -0.455. The quantitative estimate of drug-likeness (QED) is 0.876. The summed E-state index contributed by atoms with van der Waals surface area (Å²) in [4.78, 5) is 4.12. The van der Waals surface area contributed by atoms with E-state index < -0.39 is 5.82 Å². The molecule has 0 bridgehead atoms. The van der Waals surface area contributed by atoms with Crippen LogP contribution in [0.5, 0.6) is 5.75 Å². The standard InChI is InChI=1S/C12H14FN3O2/c1-17-8-4-5-9(10(13)7-8)12-15-11(16-18-12)3-2-6-14/h4-5,7H,2-3,6,14H2,1H3. The van der Waals surface area contributed by atoms with Crippen molar-refractivity contribution >= 4 is 0 Å². The van der Waals surface area contributed by atoms with Gasteiger partial charge in [-0.15, -0.1) is 0 Å². The van der Waals surface area contributed by atoms with Crippen molar-refractivity contribution in [3.8, 4) is 17.2 Å². The first-order valence-corrected chi connectivity index (χ1v) is 5.61. The van der Waals surface area contributed by atoms with Gasteiger partial charge in [0.1, 0.15) is 11.6 Å². The first-order chi connectivity index (χ1) is 8.74. The third kappa shape index (κ3) is 2.65. The van der Waals surface area contributed by atoms with Crippen LogP contribution in [0.3, 0.4) is 0 Å². The van der Waals surface area contributed by atoms with E-state index in [1.165, 1.54) is 13.2 Å². The monoisotopic (exact) mass is 251 g/mol. The highest BCUT2D eigenvalue weighted by Gasteiger charge is 2.13. The Morgan fingerprint density at radius 2 is 2.28 bits per heavy atom. The van der Waals surface area contributed by atoms with E-state index in [4.69, 9.17) is 15.0 Å². The average molecular weight is 251 g/mol. The summed E-state index contributed by atoms with van der Waals surface area (Å²) in [6, 6.07) is 4.47. The first kappa shape index (κ1) is 12.5. The predicted octanol–water partition coefficient (Wildman–Crippen LogP) is 1.78. The van der Waals surface area contributed by atoms with Crippen LogP contribution in [0.15, 0.2) is 22.7 Å². The SMILES string of the molecule is COc1ccc(-c2nc(CCCN)no2)c(F)c1. The molecule has 0 saturated heterocycles. The van der Waals surface area contributed by atoms with E-state index in [1.54, 1.807) is 12.1 Å². The summed E-state index contributed by atoms with van der Waals surface area (Å²) in [7, 11) is 1.48. The van der Waals surface area contributed by atoms with Gasteiger partial charge in [0.15, 0.2) is 5.82 Å². The van der Waals surface area contributed by atoms with Gasteiger partial charge in [-0.3, -0.25) is 0 Å². The lowest BCUT2D eigenvalue weighted by Gasteiger charge is -2.01. The Morgan fingerprint density at radius 1 is 1.44 bits per heavy atom. The van der Waals surface area contributed by atoms with Crippen molar-refractivity contribution in [3.05, 3.63) is 29.8 Å². The Bertz CT molecular complexity index is 528. The van der Waals surface area contributed by atoms with Gasteiger partial charge in [-0.25, -0.2) is 4.39 Å². The zero-order chi connectivity index (χ0) is 13.0. The molecule has 5 nitrogen and oxygen atoms in total. The Labute approximate surface area is 104 Å². The minimum Gasteiger partial charge on any atom is -0.497 e. The number of benzene rings is 1. The number of nitrogens with two attached hydrogens (primary N) is 1. The number of halogens is 1. The molecule has 0 saturated carbocycles. The fraction of sp³-hybridized carbons (Fsp3) is 0.333. The second-order valence-corrected chi connectivity index (χ2v) is 3.75. The van der Waals surface area contributed by atoms with Gasteiger partial charge in [-0.2, -0.15) is 4.98 Å². The number of methoxy groups -OCH3 is 1. The highest BCUT2D eigenvalue weighted by Crippen LogP contribution is 2.24. The zero-order valence-electron chi connectivity index (χ0n) is 10.0. The molecule has 0 aliphatic rings. The number of rotatable bonds is 5. The maximum Gasteiger partial charge on any atom is 0.260 e. The molecular formula is C12H14FN3O2. The van der Waals surface area contributed by atoms with Gasteiger partial charge in [0, 0.05) is 12.5 Å². The third-order valence-electron chi connectivity index (χ3n) is 2.48. The summed E-state index contributed by atoms with van der Waals surface area (Å²) in [6.45, 7) is 0.556. The number of nitrogens with zero attached hydrogens (tertiary/aromatic N) is 2. The van der Waals surface area contributed by atoms with Crippen molar-refractivity contribution in [3.63, 3.8) is 0 Å². The van der Waals surface area contributed by atoms with Crippen LogP contribution >= 0.6 is 0 Å². The van der Waals surface area contributed by atoms with Crippen LogP contribution in [0.1, 0.15) is 12.2 Å². The van der Waals surface area contributed by atoms with Crippen molar-refractivity contribution in [2.75, 3.05) is 13.7 Å². The second-order valence-electron chi connectivity index (χ2n) is 3.75. The summed E-state index contributed by atoms with van der Waals surface area (Å²) in [5, 5.41) is 3.77. The average Bonchev–Trinajstić information content (AvgIpc) is 2.84. The van der Waals surface area contributed by atoms with Crippen LogP contribution < -0.4 is 10.5 Å². The second kappa shape index (κ2) is 5.59. The van der Waals surface area contributed by atoms with Gasteiger partial charge in [0.25, 0.3) is 5.89 Å². The molecule has 2 rings (SSSR count). The fourth-order valence-electron chi connectivity index (χ4n) is 1.52. The van der Waals surface area contributed by atoms with Crippen molar-refractivity contribution in [1.29, 1.82) is 0 Å². The van der Waals surface area contributed by atoms with Gasteiger partial charge in [0.05, 0.1) is 12.7 Å². The Balaban J connectivity index is 2.23. The van der Waals surface area contributed by atoms with Crippen LogP contribution in [-0.2, 0) is 6.42 Å². The van der Waals surface area contributed by atoms with Crippen LogP contribution in [0.4, 0.5) is 4.39 Å². The molecule has 0 spiro atoms. The fourth-order valence-corrected chi connectivity index (χ4v) is 1.52. The molecule has 2 aromatic rings. The van der Waals surface area contributed by atoms with Crippen LogP contribution in [0.2, 0.25) is 0 Å². The highest BCUT2D eigenvalue weighted by molar-refractivity contribution is 5.55. The molecule has 0 unspecified atom stereocenters. The molecule has 18 heavy (non-hydrogen) atoms. The van der Waals surface area contributed by atoms with Crippen molar-refractivity contribution in [2.24, 2.45) is 5.73 Å². The maximum absolute atomic E-state index is 13.8. The van der Waals surface area contributed by atoms with Crippen molar-refractivity contribution in [2.45, 2.75) is 12.8 Å². The Morgan fingerprint density at radius 3 is 2.94 bits per heavy atom. The number of hydrogen-bond acceptors (Lipinski definition) is 5. The first-order valence-electron chi connectivity index (χ1n) is 5.61. The Hall–Kier alpha value is -1.95. The van der Waals surface area contributed by atoms with Gasteiger partial charge in [-0.05, 0) is 25.1 Å². The minimum absolute atomic E-state index is 0.169. The maximum atomic E-state index is 13.8. The smallest absolute Gasteiger partial charge is 0.260 e. The predicted molar refractivity (Wildman–Crippen MR) is 63.6 cm³/mol. The summed E-state index contributed by atoms with van der Waals surface area (Å²) in [5.41, 5.74) is 5.66. The number of ether oxygens (including phenoxy) is 1. The number of aromatic nitrogens is 2. The van der Waals surface area contributed by atoms with E-state index in [-0.39, 0.29) is 11.5 Å². The highest BCUT2D eigenvalue weighted by atomic mass is 19.1. The molecule has 0 atom stereocenters. The molecule has 6 heteroatoms. The summed E-state index contributed by atoms with van der Waals surface area (Å²) >= 11 is 0. The normalized spacial score (nSPS) is 10.6. The van der Waals surface area contributed by atoms with Crippen molar-refractivity contribution < 1.29 is 13.7 Å². The molecular weight excluding hydrogens is 237 g/mol. The summed E-state index contributed by atoms with van der Waals surface area (Å²) < 4.78 is 23.7. The Kier molecular flexibility index (Phi) is 3.88. The van der Waals surface area contributed by atoms with Crippen molar-refractivity contribution in [1.82, 2.24) is 10.1 Å². The van der Waals surface area contributed by atoms with Crippen LogP contribution in [0.25, 0.3) is 11.5 Å². The number of hydrogen-bond donors (Lipinski definition) is 1. The topological polar surface area (TPSA) is 74.2 Å². The number of aryl methyl sites for hydroxylation is 1. The molecule has 0 aliphatic carbocycles. The molecule has 0 aliphatic heterocycles. The molecule has 0 radical (unpaired) electrons. The lowest BCUT2D eigenvalue weighted by molar-refractivity contribution is 0.409. The van der Waals surface area contributed by atoms with Gasteiger partial charge in [0.2, 0.25) is 0 Å². The molecule has 2 N–H and O–H groups in total.